The molecule has 18 heavy (non-hydrogen) atoms. The van der Waals surface area contributed by atoms with Crippen LogP contribution in [0.15, 0.2) is 0 Å². The average molecular weight is 279 g/mol. The Hall–Kier alpha value is -0.360. The van der Waals surface area contributed by atoms with Gasteiger partial charge in [-0.1, -0.05) is 0 Å². The Morgan fingerprint density at radius 2 is 2.28 bits per heavy atom. The minimum atomic E-state index is 0. The van der Waals surface area contributed by atoms with Gasteiger partial charge in [0.1, 0.15) is 0 Å². The van der Waals surface area contributed by atoms with Crippen LogP contribution in [0, 0.1) is 0 Å². The van der Waals surface area contributed by atoms with Crippen LogP contribution in [0.2, 0.25) is 0 Å². The molecule has 0 radical (unpaired) electrons. The molecule has 2 aliphatic rings. The first kappa shape index (κ1) is 15.7. The van der Waals surface area contributed by atoms with E-state index in [1.807, 2.05) is 7.05 Å². The Bertz CT molecular complexity index is 254. The van der Waals surface area contributed by atoms with Gasteiger partial charge < -0.3 is 19.7 Å². The van der Waals surface area contributed by atoms with Crippen LogP contribution >= 0.6 is 12.4 Å². The molecular formula is C12H23ClN2O3. The van der Waals surface area contributed by atoms with Crippen molar-refractivity contribution in [2.75, 3.05) is 40.0 Å². The zero-order valence-electron chi connectivity index (χ0n) is 10.9. The fourth-order valence-corrected chi connectivity index (χ4v) is 2.31. The third-order valence-corrected chi connectivity index (χ3v) is 3.35. The lowest BCUT2D eigenvalue weighted by molar-refractivity contribution is -0.132. The summed E-state index contributed by atoms with van der Waals surface area (Å²) in [5.74, 6) is 0.170. The summed E-state index contributed by atoms with van der Waals surface area (Å²) in [4.78, 5) is 13.8. The van der Waals surface area contributed by atoms with Gasteiger partial charge in [0.15, 0.2) is 0 Å². The molecule has 2 unspecified atom stereocenters. The topological polar surface area (TPSA) is 50.8 Å². The third-order valence-electron chi connectivity index (χ3n) is 3.35. The second kappa shape index (κ2) is 7.94. The number of amides is 1. The molecule has 0 saturated carbocycles. The van der Waals surface area contributed by atoms with Crippen LogP contribution in [-0.4, -0.2) is 62.9 Å². The van der Waals surface area contributed by atoms with Crippen molar-refractivity contribution >= 4 is 18.3 Å². The summed E-state index contributed by atoms with van der Waals surface area (Å²) in [5.41, 5.74) is 0. The molecule has 1 N–H and O–H groups in total. The zero-order valence-corrected chi connectivity index (χ0v) is 11.7. The second-order valence-electron chi connectivity index (χ2n) is 4.84. The molecule has 2 fully saturated rings. The fourth-order valence-electron chi connectivity index (χ4n) is 2.31. The number of carbonyl (C=O) groups excluding carboxylic acids is 1. The van der Waals surface area contributed by atoms with Crippen LogP contribution in [0.25, 0.3) is 0 Å². The Balaban J connectivity index is 0.00000162. The molecule has 0 aromatic carbocycles. The van der Waals surface area contributed by atoms with Gasteiger partial charge in [-0.15, -0.1) is 12.4 Å². The Morgan fingerprint density at radius 3 is 2.89 bits per heavy atom. The lowest BCUT2D eigenvalue weighted by Gasteiger charge is -2.26. The number of likely N-dealkylation sites (N-methyl/N-ethyl adjacent to an activating group) is 1. The van der Waals surface area contributed by atoms with Gasteiger partial charge in [0, 0.05) is 39.2 Å². The molecule has 2 aliphatic heterocycles. The number of halogens is 1. The number of hydrogen-bond acceptors (Lipinski definition) is 4. The molecule has 0 aromatic rings. The number of nitrogens with one attached hydrogen (secondary N) is 1. The number of rotatable bonds is 4. The van der Waals surface area contributed by atoms with Crippen LogP contribution in [0.3, 0.4) is 0 Å². The quantitative estimate of drug-likeness (QED) is 0.810. The molecule has 0 aromatic heterocycles. The summed E-state index contributed by atoms with van der Waals surface area (Å²) in [6.45, 7) is 3.78. The molecule has 5 nitrogen and oxygen atoms in total. The fraction of sp³-hybridized carbons (Fsp3) is 0.917. The highest BCUT2D eigenvalue weighted by Crippen LogP contribution is 2.13. The van der Waals surface area contributed by atoms with Crippen molar-refractivity contribution in [1.82, 2.24) is 10.2 Å². The van der Waals surface area contributed by atoms with Crippen LogP contribution in [0.4, 0.5) is 0 Å². The van der Waals surface area contributed by atoms with Gasteiger partial charge in [-0.2, -0.15) is 0 Å². The first-order valence-electron chi connectivity index (χ1n) is 6.42. The van der Waals surface area contributed by atoms with Crippen molar-refractivity contribution in [3.05, 3.63) is 0 Å². The highest BCUT2D eigenvalue weighted by Gasteiger charge is 2.23. The summed E-state index contributed by atoms with van der Waals surface area (Å²) >= 11 is 0. The Morgan fingerprint density at radius 1 is 1.44 bits per heavy atom. The third kappa shape index (κ3) is 4.72. The SMILES string of the molecule is CN(CC1CCCO1)C(=O)CC1COCCN1.Cl. The van der Waals surface area contributed by atoms with Crippen molar-refractivity contribution in [3.63, 3.8) is 0 Å². The van der Waals surface area contributed by atoms with E-state index in [0.29, 0.717) is 19.6 Å². The highest BCUT2D eigenvalue weighted by atomic mass is 35.5. The summed E-state index contributed by atoms with van der Waals surface area (Å²) in [7, 11) is 1.85. The highest BCUT2D eigenvalue weighted by molar-refractivity contribution is 5.85. The minimum absolute atomic E-state index is 0. The first-order valence-corrected chi connectivity index (χ1v) is 6.42. The van der Waals surface area contributed by atoms with Gasteiger partial charge in [0.05, 0.1) is 19.3 Å². The van der Waals surface area contributed by atoms with Gasteiger partial charge in [-0.3, -0.25) is 4.79 Å². The molecular weight excluding hydrogens is 256 g/mol. The summed E-state index contributed by atoms with van der Waals surface area (Å²) < 4.78 is 10.9. The second-order valence-corrected chi connectivity index (χ2v) is 4.84. The molecule has 1 amide bonds. The van der Waals surface area contributed by atoms with E-state index in [0.717, 1.165) is 32.6 Å². The predicted octanol–water partition coefficient (Wildman–Crippen LogP) is 0.424. The summed E-state index contributed by atoms with van der Waals surface area (Å²) in [5, 5.41) is 3.29. The summed E-state index contributed by atoms with van der Waals surface area (Å²) in [6, 6.07) is 0.170. The van der Waals surface area contributed by atoms with Crippen molar-refractivity contribution in [3.8, 4) is 0 Å². The van der Waals surface area contributed by atoms with Gasteiger partial charge in [-0.25, -0.2) is 0 Å². The molecule has 106 valence electrons. The van der Waals surface area contributed by atoms with E-state index in [2.05, 4.69) is 5.32 Å². The Labute approximate surface area is 115 Å². The monoisotopic (exact) mass is 278 g/mol. The number of morpholine rings is 1. The van der Waals surface area contributed by atoms with Crippen molar-refractivity contribution in [1.29, 1.82) is 0 Å². The van der Waals surface area contributed by atoms with E-state index in [-0.39, 0.29) is 30.5 Å². The molecule has 0 spiro atoms. The van der Waals surface area contributed by atoms with Gasteiger partial charge in [-0.05, 0) is 12.8 Å². The van der Waals surface area contributed by atoms with E-state index in [1.54, 1.807) is 4.90 Å². The summed E-state index contributed by atoms with van der Waals surface area (Å²) in [6.07, 6.45) is 2.94. The van der Waals surface area contributed by atoms with E-state index < -0.39 is 0 Å². The maximum absolute atomic E-state index is 12.0. The van der Waals surface area contributed by atoms with E-state index in [1.165, 1.54) is 0 Å². The normalized spacial score (nSPS) is 27.6. The molecule has 0 aliphatic carbocycles. The number of carbonyl (C=O) groups is 1. The van der Waals surface area contributed by atoms with Gasteiger partial charge >= 0.3 is 0 Å². The average Bonchev–Trinajstić information content (AvgIpc) is 2.83. The molecule has 6 heteroatoms. The van der Waals surface area contributed by atoms with Crippen LogP contribution in [-0.2, 0) is 14.3 Å². The van der Waals surface area contributed by atoms with Crippen LogP contribution < -0.4 is 5.32 Å². The zero-order chi connectivity index (χ0) is 12.1. The van der Waals surface area contributed by atoms with Crippen LogP contribution in [0.1, 0.15) is 19.3 Å². The number of ether oxygens (including phenoxy) is 2. The van der Waals surface area contributed by atoms with Crippen molar-refractivity contribution in [2.45, 2.75) is 31.4 Å². The molecule has 2 saturated heterocycles. The molecule has 2 atom stereocenters. The largest absolute Gasteiger partial charge is 0.378 e. The minimum Gasteiger partial charge on any atom is -0.378 e. The molecule has 0 bridgehead atoms. The van der Waals surface area contributed by atoms with Gasteiger partial charge in [0.25, 0.3) is 0 Å². The van der Waals surface area contributed by atoms with E-state index in [4.69, 9.17) is 9.47 Å². The predicted molar refractivity (Wildman–Crippen MR) is 71.1 cm³/mol. The maximum Gasteiger partial charge on any atom is 0.224 e. The van der Waals surface area contributed by atoms with Crippen molar-refractivity contribution in [2.24, 2.45) is 0 Å². The smallest absolute Gasteiger partial charge is 0.224 e. The molecule has 2 heterocycles. The van der Waals surface area contributed by atoms with Crippen LogP contribution in [0.5, 0.6) is 0 Å². The van der Waals surface area contributed by atoms with Crippen molar-refractivity contribution < 1.29 is 14.3 Å². The van der Waals surface area contributed by atoms with E-state index >= 15 is 0 Å². The number of hydrogen-bond donors (Lipinski definition) is 1. The van der Waals surface area contributed by atoms with Gasteiger partial charge in [0.2, 0.25) is 5.91 Å². The Kier molecular flexibility index (Phi) is 6.92. The lowest BCUT2D eigenvalue weighted by atomic mass is 10.1. The number of nitrogens with zero attached hydrogens (tertiary/aromatic N) is 1. The maximum atomic E-state index is 12.0. The van der Waals surface area contributed by atoms with E-state index in [9.17, 15) is 4.79 Å². The standard InChI is InChI=1S/C12H22N2O3.ClH/c1-14(8-11-3-2-5-17-11)12(15)7-10-9-16-6-4-13-10;/h10-11,13H,2-9H2,1H3;1H. The lowest BCUT2D eigenvalue weighted by Crippen LogP contribution is -2.45. The molecule has 2 rings (SSSR count). The first-order chi connectivity index (χ1) is 8.25.